The Morgan fingerprint density at radius 1 is 1.18 bits per heavy atom. The van der Waals surface area contributed by atoms with Gasteiger partial charge in [0.15, 0.2) is 5.13 Å². The summed E-state index contributed by atoms with van der Waals surface area (Å²) in [4.78, 5) is 43.9. The van der Waals surface area contributed by atoms with Crippen LogP contribution >= 0.6 is 11.3 Å². The van der Waals surface area contributed by atoms with Gasteiger partial charge in [-0.15, -0.1) is 11.3 Å². The van der Waals surface area contributed by atoms with E-state index in [0.717, 1.165) is 49.8 Å². The first-order valence-corrected chi connectivity index (χ1v) is 12.9. The zero-order valence-corrected chi connectivity index (χ0v) is 19.9. The van der Waals surface area contributed by atoms with Gasteiger partial charge in [0.25, 0.3) is 0 Å². The zero-order chi connectivity index (χ0) is 23.5. The number of rotatable bonds is 5. The van der Waals surface area contributed by atoms with Gasteiger partial charge in [-0.3, -0.25) is 14.5 Å². The Bertz CT molecular complexity index is 1050. The lowest BCUT2D eigenvalue weighted by atomic mass is 9.75. The second-order valence-electron chi connectivity index (χ2n) is 9.31. The molecule has 180 valence electrons. The molecule has 1 unspecified atom stereocenters. The molecule has 34 heavy (non-hydrogen) atoms. The summed E-state index contributed by atoms with van der Waals surface area (Å²) in [5.74, 6) is -0.500. The van der Waals surface area contributed by atoms with E-state index >= 15 is 0 Å². The summed E-state index contributed by atoms with van der Waals surface area (Å²) < 4.78 is 11.2. The quantitative estimate of drug-likeness (QED) is 0.624. The highest BCUT2D eigenvalue weighted by atomic mass is 32.1. The van der Waals surface area contributed by atoms with Crippen LogP contribution in [-0.4, -0.2) is 46.0 Å². The molecule has 3 aliphatic rings. The van der Waals surface area contributed by atoms with Crippen molar-refractivity contribution in [1.82, 2.24) is 9.88 Å². The van der Waals surface area contributed by atoms with Gasteiger partial charge in [-0.05, 0) is 44.1 Å². The lowest BCUT2D eigenvalue weighted by molar-refractivity contribution is -0.151. The smallest absolute Gasteiger partial charge is 0.410 e. The minimum Gasteiger partial charge on any atom is -0.458 e. The number of esters is 1. The highest BCUT2D eigenvalue weighted by Crippen LogP contribution is 2.49. The summed E-state index contributed by atoms with van der Waals surface area (Å²) in [5.41, 5.74) is 1.25. The molecule has 3 fully saturated rings. The Hall–Kier alpha value is -2.94. The highest BCUT2D eigenvalue weighted by molar-refractivity contribution is 7.14. The van der Waals surface area contributed by atoms with Gasteiger partial charge in [-0.25, -0.2) is 9.78 Å². The van der Waals surface area contributed by atoms with Crippen LogP contribution in [0.1, 0.15) is 68.5 Å². The molecule has 0 bridgehead atoms. The van der Waals surface area contributed by atoms with Gasteiger partial charge in [0, 0.05) is 11.9 Å². The summed E-state index contributed by atoms with van der Waals surface area (Å²) >= 11 is 1.34. The van der Waals surface area contributed by atoms with E-state index in [9.17, 15) is 14.4 Å². The van der Waals surface area contributed by atoms with Crippen LogP contribution in [0.3, 0.4) is 0 Å². The van der Waals surface area contributed by atoms with Crippen LogP contribution in [0.15, 0.2) is 35.7 Å². The molecule has 1 aromatic carbocycles. The van der Waals surface area contributed by atoms with Crippen LogP contribution in [0, 0.1) is 0 Å². The first kappa shape index (κ1) is 22.8. The minimum absolute atomic E-state index is 0.0712. The van der Waals surface area contributed by atoms with E-state index in [1.54, 1.807) is 0 Å². The lowest BCUT2D eigenvalue weighted by Gasteiger charge is -2.36. The molecule has 1 aromatic heterocycles. The van der Waals surface area contributed by atoms with Gasteiger partial charge < -0.3 is 14.8 Å². The lowest BCUT2D eigenvalue weighted by Crippen LogP contribution is -2.43. The third kappa shape index (κ3) is 4.66. The molecular formula is C25H29N3O5S. The van der Waals surface area contributed by atoms with Crippen molar-refractivity contribution in [2.24, 2.45) is 0 Å². The van der Waals surface area contributed by atoms with Crippen LogP contribution < -0.4 is 5.32 Å². The van der Waals surface area contributed by atoms with E-state index < -0.39 is 17.7 Å². The van der Waals surface area contributed by atoms with Crippen LogP contribution in [0.25, 0.3) is 0 Å². The maximum Gasteiger partial charge on any atom is 0.410 e. The third-order valence-electron chi connectivity index (χ3n) is 7.13. The molecule has 1 saturated carbocycles. The molecule has 2 amide bonds. The fraction of sp³-hybridized carbons (Fsp3) is 0.520. The molecule has 2 aliphatic heterocycles. The van der Waals surface area contributed by atoms with Gasteiger partial charge in [0.2, 0.25) is 5.91 Å². The molecule has 1 N–H and O–H groups in total. The van der Waals surface area contributed by atoms with Crippen molar-refractivity contribution >= 4 is 34.4 Å². The number of nitrogens with one attached hydrogen (secondary N) is 1. The van der Waals surface area contributed by atoms with Crippen molar-refractivity contribution in [2.45, 2.75) is 75.5 Å². The first-order chi connectivity index (χ1) is 16.5. The number of hydrogen-bond donors (Lipinski definition) is 1. The third-order valence-corrected chi connectivity index (χ3v) is 7.90. The summed E-state index contributed by atoms with van der Waals surface area (Å²) in [6.07, 6.45) is 6.17. The zero-order valence-electron chi connectivity index (χ0n) is 19.0. The average Bonchev–Trinajstić information content (AvgIpc) is 3.58. The summed E-state index contributed by atoms with van der Waals surface area (Å²) in [6.45, 7) is 0.656. The molecule has 2 saturated heterocycles. The van der Waals surface area contributed by atoms with Crippen molar-refractivity contribution in [3.05, 3.63) is 47.0 Å². The van der Waals surface area contributed by atoms with Crippen LogP contribution in [0.4, 0.5) is 9.93 Å². The predicted molar refractivity (Wildman–Crippen MR) is 126 cm³/mol. The van der Waals surface area contributed by atoms with Gasteiger partial charge in [0.1, 0.15) is 18.2 Å². The molecular weight excluding hydrogens is 454 g/mol. The fourth-order valence-corrected chi connectivity index (χ4v) is 6.19. The molecule has 9 heteroatoms. The van der Waals surface area contributed by atoms with Gasteiger partial charge in [-0.2, -0.15) is 0 Å². The normalized spacial score (nSPS) is 23.6. The molecule has 2 atom stereocenters. The maximum atomic E-state index is 13.0. The molecule has 1 spiro atoms. The highest BCUT2D eigenvalue weighted by Gasteiger charge is 2.51. The van der Waals surface area contributed by atoms with Crippen molar-refractivity contribution in [2.75, 3.05) is 11.9 Å². The number of amides is 2. The predicted octanol–water partition coefficient (Wildman–Crippen LogP) is 4.62. The number of nitrogens with zero attached hydrogens (tertiary/aromatic N) is 2. The number of anilines is 1. The van der Waals surface area contributed by atoms with E-state index in [0.29, 0.717) is 24.5 Å². The average molecular weight is 484 g/mol. The Kier molecular flexibility index (Phi) is 6.54. The number of thiazole rings is 1. The standard InChI is InChI=1S/C25H29N3O5S/c29-21-14-18(25(33-21)11-5-2-6-12-25)19-16-34-23(26-19)27-22(30)20-10-7-13-28(20)24(31)32-15-17-8-3-1-4-9-17/h1,3-4,8-9,16,18,20H,2,5-7,10-15H2,(H,26,27,30)/t18?,20-/m0/s1. The van der Waals surface area contributed by atoms with Crippen LogP contribution in [0.5, 0.6) is 0 Å². The topological polar surface area (TPSA) is 97.8 Å². The molecule has 8 nitrogen and oxygen atoms in total. The number of likely N-dealkylation sites (tertiary alicyclic amines) is 1. The Morgan fingerprint density at radius 2 is 1.97 bits per heavy atom. The molecule has 5 rings (SSSR count). The summed E-state index contributed by atoms with van der Waals surface area (Å²) in [5, 5.41) is 5.28. The number of carbonyl (C=O) groups is 3. The molecule has 0 radical (unpaired) electrons. The maximum absolute atomic E-state index is 13.0. The summed E-state index contributed by atoms with van der Waals surface area (Å²) in [6, 6.07) is 8.88. The van der Waals surface area contributed by atoms with E-state index in [4.69, 9.17) is 9.47 Å². The monoisotopic (exact) mass is 483 g/mol. The summed E-state index contributed by atoms with van der Waals surface area (Å²) in [7, 11) is 0. The molecule has 1 aliphatic carbocycles. The SMILES string of the molecule is O=C1CC(c2csc(NC(=O)[C@@H]3CCCN3C(=O)OCc3ccccc3)n2)C2(CCCCC2)O1. The van der Waals surface area contributed by atoms with Crippen molar-refractivity contribution < 1.29 is 23.9 Å². The van der Waals surface area contributed by atoms with E-state index in [2.05, 4.69) is 10.3 Å². The van der Waals surface area contributed by atoms with Crippen molar-refractivity contribution in [1.29, 1.82) is 0 Å². The number of aromatic nitrogens is 1. The van der Waals surface area contributed by atoms with Crippen LogP contribution in [0.2, 0.25) is 0 Å². The second-order valence-corrected chi connectivity index (χ2v) is 10.2. The first-order valence-electron chi connectivity index (χ1n) is 12.0. The molecule has 3 heterocycles. The number of benzene rings is 1. The molecule has 2 aromatic rings. The van der Waals surface area contributed by atoms with E-state index in [-0.39, 0.29) is 24.4 Å². The number of carbonyl (C=O) groups excluding carboxylic acids is 3. The Balaban J connectivity index is 1.21. The fourth-order valence-electron chi connectivity index (χ4n) is 5.42. The van der Waals surface area contributed by atoms with Gasteiger partial charge in [-0.1, -0.05) is 36.8 Å². The van der Waals surface area contributed by atoms with E-state index in [1.807, 2.05) is 35.7 Å². The number of hydrogen-bond acceptors (Lipinski definition) is 7. The Morgan fingerprint density at radius 3 is 2.76 bits per heavy atom. The van der Waals surface area contributed by atoms with Crippen molar-refractivity contribution in [3.63, 3.8) is 0 Å². The minimum atomic E-state index is -0.586. The van der Waals surface area contributed by atoms with Gasteiger partial charge >= 0.3 is 12.1 Å². The van der Waals surface area contributed by atoms with E-state index in [1.165, 1.54) is 16.2 Å². The number of ether oxygens (including phenoxy) is 2. The second kappa shape index (κ2) is 9.74. The largest absolute Gasteiger partial charge is 0.458 e. The Labute approximate surface area is 202 Å². The van der Waals surface area contributed by atoms with Crippen molar-refractivity contribution in [3.8, 4) is 0 Å². The van der Waals surface area contributed by atoms with Crippen LogP contribution in [-0.2, 0) is 25.7 Å². The van der Waals surface area contributed by atoms with Gasteiger partial charge in [0.05, 0.1) is 18.0 Å².